The number of anilines is 1. The molecule has 0 unspecified atom stereocenters. The predicted octanol–water partition coefficient (Wildman–Crippen LogP) is 2.61. The van der Waals surface area contributed by atoms with E-state index in [-0.39, 0.29) is 12.5 Å². The number of benzene rings is 1. The number of nitrogens with two attached hydrogens (primary N) is 1. The Bertz CT molecular complexity index is 732. The van der Waals surface area contributed by atoms with Crippen molar-refractivity contribution in [1.82, 2.24) is 4.98 Å². The zero-order valence-corrected chi connectivity index (χ0v) is 12.2. The monoisotopic (exact) mass is 299 g/mol. The van der Waals surface area contributed by atoms with Gasteiger partial charge in [-0.05, 0) is 37.3 Å². The van der Waals surface area contributed by atoms with Gasteiger partial charge in [-0.1, -0.05) is 23.4 Å². The van der Waals surface area contributed by atoms with Crippen molar-refractivity contribution in [1.29, 1.82) is 0 Å². The van der Waals surface area contributed by atoms with E-state index in [2.05, 4.69) is 22.1 Å². The minimum atomic E-state index is -0.222. The molecule has 0 aliphatic carbocycles. The fourth-order valence-electron chi connectivity index (χ4n) is 1.77. The van der Waals surface area contributed by atoms with Crippen LogP contribution in [0.15, 0.2) is 36.5 Å². The normalized spacial score (nSPS) is 9.67. The molecule has 21 heavy (non-hydrogen) atoms. The van der Waals surface area contributed by atoms with Gasteiger partial charge in [0.05, 0.1) is 17.1 Å². The molecule has 0 spiro atoms. The molecular formula is C16H14ClN3O. The zero-order chi connectivity index (χ0) is 15.2. The van der Waals surface area contributed by atoms with E-state index < -0.39 is 0 Å². The summed E-state index contributed by atoms with van der Waals surface area (Å²) in [5, 5.41) is 3.33. The fourth-order valence-corrected chi connectivity index (χ4v) is 1.93. The van der Waals surface area contributed by atoms with Crippen LogP contribution in [0.2, 0.25) is 5.02 Å². The topological polar surface area (TPSA) is 68.0 Å². The van der Waals surface area contributed by atoms with Crippen LogP contribution >= 0.6 is 11.6 Å². The second kappa shape index (κ2) is 6.89. The first kappa shape index (κ1) is 15.0. The van der Waals surface area contributed by atoms with Crippen LogP contribution in [0.5, 0.6) is 0 Å². The van der Waals surface area contributed by atoms with Gasteiger partial charge in [-0.2, -0.15) is 0 Å². The lowest BCUT2D eigenvalue weighted by Gasteiger charge is -2.08. The summed E-state index contributed by atoms with van der Waals surface area (Å²) in [6.07, 6.45) is 1.65. The Hall–Kier alpha value is -2.35. The standard InChI is InChI=1S/C16H14ClN3O/c1-11-14(5-3-9-19-11)16(21)20-13-6-7-15(17)12(10-13)4-2-8-18/h3,5-7,9-10H,8,18H2,1H3,(H,20,21). The molecule has 0 radical (unpaired) electrons. The highest BCUT2D eigenvalue weighted by Gasteiger charge is 2.10. The summed E-state index contributed by atoms with van der Waals surface area (Å²) in [6.45, 7) is 2.04. The average Bonchev–Trinajstić information content (AvgIpc) is 2.48. The summed E-state index contributed by atoms with van der Waals surface area (Å²) >= 11 is 6.04. The molecule has 0 saturated carbocycles. The maximum Gasteiger partial charge on any atom is 0.257 e. The molecule has 1 heterocycles. The molecule has 4 nitrogen and oxygen atoms in total. The quantitative estimate of drug-likeness (QED) is 0.838. The van der Waals surface area contributed by atoms with Crippen LogP contribution < -0.4 is 11.1 Å². The number of carbonyl (C=O) groups excluding carboxylic acids is 1. The molecule has 0 saturated heterocycles. The number of carbonyl (C=O) groups is 1. The molecule has 106 valence electrons. The number of hydrogen-bond donors (Lipinski definition) is 2. The Morgan fingerprint density at radius 1 is 1.43 bits per heavy atom. The van der Waals surface area contributed by atoms with Crippen molar-refractivity contribution >= 4 is 23.2 Å². The number of pyridine rings is 1. The molecule has 5 heteroatoms. The van der Waals surface area contributed by atoms with Gasteiger partial charge in [0.25, 0.3) is 5.91 Å². The number of nitrogens with one attached hydrogen (secondary N) is 1. The van der Waals surface area contributed by atoms with Crippen molar-refractivity contribution in [2.45, 2.75) is 6.92 Å². The highest BCUT2D eigenvalue weighted by Crippen LogP contribution is 2.20. The number of halogens is 1. The lowest BCUT2D eigenvalue weighted by atomic mass is 10.1. The first-order valence-electron chi connectivity index (χ1n) is 6.33. The van der Waals surface area contributed by atoms with Crippen molar-refractivity contribution in [3.8, 4) is 11.8 Å². The summed E-state index contributed by atoms with van der Waals surface area (Å²) in [7, 11) is 0. The first-order chi connectivity index (χ1) is 10.1. The van der Waals surface area contributed by atoms with Crippen molar-refractivity contribution in [2.24, 2.45) is 5.73 Å². The molecule has 1 aromatic carbocycles. The number of amides is 1. The SMILES string of the molecule is Cc1ncccc1C(=O)Nc1ccc(Cl)c(C#CCN)c1. The Labute approximate surface area is 128 Å². The van der Waals surface area contributed by atoms with Gasteiger partial charge in [0.15, 0.2) is 0 Å². The van der Waals surface area contributed by atoms with Gasteiger partial charge in [0.2, 0.25) is 0 Å². The largest absolute Gasteiger partial charge is 0.322 e. The molecule has 0 atom stereocenters. The summed E-state index contributed by atoms with van der Waals surface area (Å²) in [4.78, 5) is 16.3. The van der Waals surface area contributed by atoms with E-state index in [1.54, 1.807) is 43.5 Å². The molecule has 2 aromatic rings. The lowest BCUT2D eigenvalue weighted by molar-refractivity contribution is 0.102. The maximum absolute atomic E-state index is 12.2. The molecule has 0 bridgehead atoms. The van der Waals surface area contributed by atoms with Crippen LogP contribution in [0, 0.1) is 18.8 Å². The van der Waals surface area contributed by atoms with Crippen molar-refractivity contribution in [3.05, 3.63) is 58.4 Å². The molecule has 1 amide bonds. The highest BCUT2D eigenvalue weighted by atomic mass is 35.5. The molecule has 0 aliphatic heterocycles. The van der Waals surface area contributed by atoms with Crippen molar-refractivity contribution < 1.29 is 4.79 Å². The van der Waals surface area contributed by atoms with E-state index in [1.807, 2.05) is 0 Å². The molecule has 0 fully saturated rings. The van der Waals surface area contributed by atoms with Crippen molar-refractivity contribution in [2.75, 3.05) is 11.9 Å². The summed E-state index contributed by atoms with van der Waals surface area (Å²) < 4.78 is 0. The van der Waals surface area contributed by atoms with E-state index >= 15 is 0 Å². The minimum absolute atomic E-state index is 0.222. The summed E-state index contributed by atoms with van der Waals surface area (Å²) in [5.74, 6) is 5.38. The number of aromatic nitrogens is 1. The third kappa shape index (κ3) is 3.82. The number of hydrogen-bond acceptors (Lipinski definition) is 3. The van der Waals surface area contributed by atoms with Gasteiger partial charge >= 0.3 is 0 Å². The van der Waals surface area contributed by atoms with Gasteiger partial charge in [-0.3, -0.25) is 9.78 Å². The highest BCUT2D eigenvalue weighted by molar-refractivity contribution is 6.31. The van der Waals surface area contributed by atoms with E-state index in [4.69, 9.17) is 17.3 Å². The smallest absolute Gasteiger partial charge is 0.257 e. The summed E-state index contributed by atoms with van der Waals surface area (Å²) in [5.41, 5.74) is 7.79. The fraction of sp³-hybridized carbons (Fsp3) is 0.125. The van der Waals surface area contributed by atoms with Crippen LogP contribution in [0.3, 0.4) is 0 Å². The van der Waals surface area contributed by atoms with Gasteiger partial charge in [-0.25, -0.2) is 0 Å². The van der Waals surface area contributed by atoms with Gasteiger partial charge < -0.3 is 11.1 Å². The third-order valence-electron chi connectivity index (χ3n) is 2.80. The number of nitrogens with zero attached hydrogens (tertiary/aromatic N) is 1. The maximum atomic E-state index is 12.2. The predicted molar refractivity (Wildman–Crippen MR) is 84.3 cm³/mol. The Morgan fingerprint density at radius 2 is 2.24 bits per heavy atom. The third-order valence-corrected chi connectivity index (χ3v) is 3.13. The number of rotatable bonds is 2. The number of aryl methyl sites for hydroxylation is 1. The minimum Gasteiger partial charge on any atom is -0.322 e. The Morgan fingerprint density at radius 3 is 2.95 bits per heavy atom. The van der Waals surface area contributed by atoms with E-state index in [0.717, 1.165) is 0 Å². The van der Waals surface area contributed by atoms with Crippen LogP contribution in [0.1, 0.15) is 21.6 Å². The van der Waals surface area contributed by atoms with Crippen LogP contribution in [0.4, 0.5) is 5.69 Å². The Kier molecular flexibility index (Phi) is 4.94. The Balaban J connectivity index is 2.24. The van der Waals surface area contributed by atoms with Crippen LogP contribution in [0.25, 0.3) is 0 Å². The van der Waals surface area contributed by atoms with E-state index in [9.17, 15) is 4.79 Å². The molecule has 0 aliphatic rings. The van der Waals surface area contributed by atoms with Gasteiger partial charge in [-0.15, -0.1) is 0 Å². The molecule has 2 rings (SSSR count). The van der Waals surface area contributed by atoms with Crippen LogP contribution in [-0.4, -0.2) is 17.4 Å². The first-order valence-corrected chi connectivity index (χ1v) is 6.71. The molecule has 1 aromatic heterocycles. The van der Waals surface area contributed by atoms with Gasteiger partial charge in [0, 0.05) is 23.1 Å². The van der Waals surface area contributed by atoms with E-state index in [0.29, 0.717) is 27.5 Å². The average molecular weight is 300 g/mol. The van der Waals surface area contributed by atoms with Gasteiger partial charge in [0.1, 0.15) is 0 Å². The lowest BCUT2D eigenvalue weighted by Crippen LogP contribution is -2.14. The van der Waals surface area contributed by atoms with E-state index in [1.165, 1.54) is 0 Å². The second-order valence-electron chi connectivity index (χ2n) is 4.29. The second-order valence-corrected chi connectivity index (χ2v) is 4.70. The summed E-state index contributed by atoms with van der Waals surface area (Å²) in [6, 6.07) is 8.58. The van der Waals surface area contributed by atoms with Crippen molar-refractivity contribution in [3.63, 3.8) is 0 Å². The molecular weight excluding hydrogens is 286 g/mol. The molecule has 3 N–H and O–H groups in total. The zero-order valence-electron chi connectivity index (χ0n) is 11.5. The van der Waals surface area contributed by atoms with Crippen LogP contribution in [-0.2, 0) is 0 Å².